The molecule has 1 heterocycles. The first-order chi connectivity index (χ1) is 11.3. The van der Waals surface area contributed by atoms with Crippen LogP contribution in [-0.4, -0.2) is 36.6 Å². The number of ether oxygens (including phenoxy) is 1. The lowest BCUT2D eigenvalue weighted by Gasteiger charge is -2.15. The van der Waals surface area contributed by atoms with Crippen LogP contribution < -0.4 is 5.32 Å². The number of rotatable bonds is 7. The van der Waals surface area contributed by atoms with Crippen molar-refractivity contribution in [2.24, 2.45) is 0 Å². The highest BCUT2D eigenvalue weighted by Crippen LogP contribution is 2.20. The van der Waals surface area contributed by atoms with E-state index in [0.717, 1.165) is 24.9 Å². The van der Waals surface area contributed by atoms with E-state index in [1.807, 2.05) is 0 Å². The molecule has 1 aromatic rings. The number of nitrogens with one attached hydrogen (secondary N) is 1. The molecule has 0 aromatic heterocycles. The minimum atomic E-state index is -0.0122. The molecule has 0 spiro atoms. The maximum Gasteiger partial charge on any atom is 0.246 e. The monoisotopic (exact) mass is 316 g/mol. The number of hydrogen-bond acceptors (Lipinski definition) is 3. The quantitative estimate of drug-likeness (QED) is 0.841. The van der Waals surface area contributed by atoms with E-state index in [4.69, 9.17) is 4.74 Å². The first-order valence-corrected chi connectivity index (χ1v) is 8.98. The third-order valence-corrected chi connectivity index (χ3v) is 4.84. The third-order valence-electron chi connectivity index (χ3n) is 4.84. The van der Waals surface area contributed by atoms with Gasteiger partial charge in [0.25, 0.3) is 0 Å². The predicted molar refractivity (Wildman–Crippen MR) is 91.0 cm³/mol. The summed E-state index contributed by atoms with van der Waals surface area (Å²) < 4.78 is 5.65. The molecule has 2 aliphatic rings. The normalized spacial score (nSPS) is 19.3. The highest BCUT2D eigenvalue weighted by Gasteiger charge is 2.16. The summed E-state index contributed by atoms with van der Waals surface area (Å²) in [6.07, 6.45) is 7.60. The lowest BCUT2D eigenvalue weighted by atomic mass is 10.1. The second kappa shape index (κ2) is 8.46. The Kier molecular flexibility index (Phi) is 6.06. The van der Waals surface area contributed by atoms with Crippen molar-refractivity contribution in [2.75, 3.05) is 19.7 Å². The van der Waals surface area contributed by atoms with E-state index in [0.29, 0.717) is 12.6 Å². The summed E-state index contributed by atoms with van der Waals surface area (Å²) in [5, 5.41) is 2.97. The molecule has 1 N–H and O–H groups in total. The Balaban J connectivity index is 1.41. The zero-order valence-electron chi connectivity index (χ0n) is 13.9. The lowest BCUT2D eigenvalue weighted by molar-refractivity contribution is -0.127. The molecule has 1 aliphatic carbocycles. The van der Waals surface area contributed by atoms with Crippen molar-refractivity contribution in [1.29, 1.82) is 0 Å². The van der Waals surface area contributed by atoms with Crippen LogP contribution in [0.25, 0.3) is 0 Å². The number of nitrogens with zero attached hydrogens (tertiary/aromatic N) is 1. The molecule has 1 amide bonds. The van der Waals surface area contributed by atoms with Gasteiger partial charge < -0.3 is 10.1 Å². The van der Waals surface area contributed by atoms with Gasteiger partial charge in [-0.05, 0) is 49.9 Å². The van der Waals surface area contributed by atoms with Crippen molar-refractivity contribution >= 4 is 5.91 Å². The van der Waals surface area contributed by atoms with Crippen molar-refractivity contribution in [2.45, 2.75) is 57.7 Å². The van der Waals surface area contributed by atoms with Crippen molar-refractivity contribution in [3.63, 3.8) is 0 Å². The summed E-state index contributed by atoms with van der Waals surface area (Å²) in [6.45, 7) is 4.21. The molecule has 23 heavy (non-hydrogen) atoms. The molecular weight excluding hydrogens is 288 g/mol. The van der Waals surface area contributed by atoms with E-state index >= 15 is 0 Å². The Morgan fingerprint density at radius 2 is 1.87 bits per heavy atom. The van der Waals surface area contributed by atoms with E-state index in [-0.39, 0.29) is 12.5 Å². The van der Waals surface area contributed by atoms with Crippen molar-refractivity contribution in [3.05, 3.63) is 35.4 Å². The zero-order chi connectivity index (χ0) is 15.9. The molecule has 4 heteroatoms. The summed E-state index contributed by atoms with van der Waals surface area (Å²) in [4.78, 5) is 14.4. The summed E-state index contributed by atoms with van der Waals surface area (Å²) in [5.74, 6) is -0.0122. The van der Waals surface area contributed by atoms with Gasteiger partial charge in [-0.1, -0.05) is 37.1 Å². The minimum absolute atomic E-state index is 0.0122. The van der Waals surface area contributed by atoms with Gasteiger partial charge >= 0.3 is 0 Å². The van der Waals surface area contributed by atoms with Gasteiger partial charge in [0.2, 0.25) is 5.91 Å². The van der Waals surface area contributed by atoms with Gasteiger partial charge in [0.15, 0.2) is 0 Å². The van der Waals surface area contributed by atoms with E-state index < -0.39 is 0 Å². The van der Waals surface area contributed by atoms with Gasteiger partial charge in [-0.25, -0.2) is 0 Å². The van der Waals surface area contributed by atoms with Gasteiger partial charge in [-0.2, -0.15) is 0 Å². The second-order valence-electron chi connectivity index (χ2n) is 6.80. The molecule has 0 radical (unpaired) electrons. The molecule has 4 nitrogen and oxygen atoms in total. The zero-order valence-corrected chi connectivity index (χ0v) is 13.9. The van der Waals surface area contributed by atoms with Gasteiger partial charge in [0, 0.05) is 13.1 Å². The van der Waals surface area contributed by atoms with Crippen molar-refractivity contribution < 1.29 is 9.53 Å². The van der Waals surface area contributed by atoms with E-state index in [1.54, 1.807) is 0 Å². The third kappa shape index (κ3) is 5.33. The number of carbonyl (C=O) groups excluding carboxylic acids is 1. The average molecular weight is 316 g/mol. The number of hydrogen-bond donors (Lipinski definition) is 1. The maximum atomic E-state index is 11.9. The molecule has 1 saturated carbocycles. The van der Waals surface area contributed by atoms with Crippen LogP contribution in [0.3, 0.4) is 0 Å². The maximum absolute atomic E-state index is 11.9. The molecule has 0 bridgehead atoms. The minimum Gasteiger partial charge on any atom is -0.368 e. The van der Waals surface area contributed by atoms with Crippen LogP contribution in [0, 0.1) is 0 Å². The fourth-order valence-corrected chi connectivity index (χ4v) is 3.54. The fraction of sp³-hybridized carbons (Fsp3) is 0.632. The Morgan fingerprint density at radius 1 is 1.13 bits per heavy atom. The molecule has 0 unspecified atom stereocenters. The van der Waals surface area contributed by atoms with Gasteiger partial charge in [0.05, 0.1) is 6.10 Å². The molecular formula is C19H28N2O2. The number of amides is 1. The highest BCUT2D eigenvalue weighted by molar-refractivity contribution is 5.77. The molecule has 1 aliphatic heterocycles. The van der Waals surface area contributed by atoms with Crippen LogP contribution in [-0.2, 0) is 22.6 Å². The Hall–Kier alpha value is -1.39. The topological polar surface area (TPSA) is 41.6 Å². The lowest BCUT2D eigenvalue weighted by Crippen LogP contribution is -2.29. The molecule has 3 rings (SSSR count). The van der Waals surface area contributed by atoms with Crippen molar-refractivity contribution in [1.82, 2.24) is 10.2 Å². The number of carbonyl (C=O) groups is 1. The first-order valence-electron chi connectivity index (χ1n) is 8.98. The number of benzene rings is 1. The largest absolute Gasteiger partial charge is 0.368 e. The summed E-state index contributed by atoms with van der Waals surface area (Å²) in [5.41, 5.74) is 2.50. The Labute approximate surface area is 139 Å². The summed E-state index contributed by atoms with van der Waals surface area (Å²) in [6, 6.07) is 8.54. The molecule has 1 aromatic carbocycles. The number of likely N-dealkylation sites (tertiary alicyclic amines) is 1. The molecule has 126 valence electrons. The van der Waals surface area contributed by atoms with Gasteiger partial charge in [0.1, 0.15) is 6.61 Å². The van der Waals surface area contributed by atoms with Crippen LogP contribution in [0.4, 0.5) is 0 Å². The molecule has 0 atom stereocenters. The van der Waals surface area contributed by atoms with Gasteiger partial charge in [-0.15, -0.1) is 0 Å². The summed E-state index contributed by atoms with van der Waals surface area (Å²) >= 11 is 0. The smallest absolute Gasteiger partial charge is 0.246 e. The highest BCUT2D eigenvalue weighted by atomic mass is 16.5. The van der Waals surface area contributed by atoms with Crippen LogP contribution >= 0.6 is 0 Å². The Bertz CT molecular complexity index is 506. The second-order valence-corrected chi connectivity index (χ2v) is 6.80. The summed E-state index contributed by atoms with van der Waals surface area (Å²) in [7, 11) is 0. The van der Waals surface area contributed by atoms with Crippen LogP contribution in [0.15, 0.2) is 24.3 Å². The van der Waals surface area contributed by atoms with Crippen LogP contribution in [0.2, 0.25) is 0 Å². The standard InChI is InChI=1S/C19H28N2O2/c22-19(15-23-18-8-1-2-9-18)20-13-16-6-5-7-17(12-16)14-21-10-3-4-11-21/h5-7,12,18H,1-4,8-11,13-15H2,(H,20,22). The average Bonchev–Trinajstić information content (AvgIpc) is 3.25. The Morgan fingerprint density at radius 3 is 2.65 bits per heavy atom. The predicted octanol–water partition coefficient (Wildman–Crippen LogP) is 2.86. The molecule has 2 fully saturated rings. The first kappa shape index (κ1) is 16.5. The van der Waals surface area contributed by atoms with Gasteiger partial charge in [-0.3, -0.25) is 9.69 Å². The SMILES string of the molecule is O=C(COC1CCCC1)NCc1cccc(CN2CCCC2)c1. The van der Waals surface area contributed by atoms with Crippen LogP contribution in [0.5, 0.6) is 0 Å². The molecule has 1 saturated heterocycles. The van der Waals surface area contributed by atoms with Crippen LogP contribution in [0.1, 0.15) is 49.7 Å². The van der Waals surface area contributed by atoms with Crippen molar-refractivity contribution in [3.8, 4) is 0 Å². The fourth-order valence-electron chi connectivity index (χ4n) is 3.54. The van der Waals surface area contributed by atoms with E-state index in [9.17, 15) is 4.79 Å². The van der Waals surface area contributed by atoms with E-state index in [2.05, 4.69) is 34.5 Å². The van der Waals surface area contributed by atoms with E-state index in [1.165, 1.54) is 44.3 Å².